The number of hydrogen-bond acceptors (Lipinski definition) is 9. The summed E-state index contributed by atoms with van der Waals surface area (Å²) in [4.78, 5) is 31.3. The number of aromatic amines is 1. The van der Waals surface area contributed by atoms with Crippen molar-refractivity contribution in [1.82, 2.24) is 19.5 Å². The summed E-state index contributed by atoms with van der Waals surface area (Å²) in [7, 11) is -2.07. The van der Waals surface area contributed by atoms with Gasteiger partial charge < -0.3 is 25.0 Å². The van der Waals surface area contributed by atoms with Gasteiger partial charge in [0.1, 0.15) is 12.3 Å². The molecule has 2 aromatic rings. The van der Waals surface area contributed by atoms with Crippen molar-refractivity contribution in [2.75, 3.05) is 12.3 Å². The molecular weight excluding hydrogens is 315 g/mol. The van der Waals surface area contributed by atoms with E-state index in [0.29, 0.717) is 6.42 Å². The molecule has 0 saturated carbocycles. The predicted octanol–water partition coefficient (Wildman–Crippen LogP) is -1.46. The molecule has 11 nitrogen and oxygen atoms in total. The number of fused-ring (bicyclic) bond motifs is 1. The minimum Gasteiger partial charge on any atom is -0.394 e. The zero-order chi connectivity index (χ0) is 15.9. The van der Waals surface area contributed by atoms with Crippen molar-refractivity contribution in [3.05, 3.63) is 16.7 Å². The van der Waals surface area contributed by atoms with Crippen LogP contribution >= 0.6 is 8.53 Å². The molecule has 3 heterocycles. The largest absolute Gasteiger partial charge is 0.394 e. The molecule has 0 amide bonds. The van der Waals surface area contributed by atoms with E-state index in [1.807, 2.05) is 0 Å². The number of aromatic nitrogens is 4. The minimum atomic E-state index is -2.07. The number of ether oxygens (including phenoxy) is 1. The molecule has 0 radical (unpaired) electrons. The molecular formula is C10H15N6O5P. The number of nitrogens with one attached hydrogen (secondary N) is 1. The average molecular weight is 330 g/mol. The maximum absolute atomic E-state index is 11.8. The molecule has 22 heavy (non-hydrogen) atoms. The number of imidazole rings is 1. The Morgan fingerprint density at radius 1 is 1.64 bits per heavy atom. The van der Waals surface area contributed by atoms with E-state index < -0.39 is 32.5 Å². The fourth-order valence-corrected chi connectivity index (χ4v) is 2.94. The van der Waals surface area contributed by atoms with Crippen molar-refractivity contribution in [1.29, 1.82) is 0 Å². The molecule has 1 fully saturated rings. The highest BCUT2D eigenvalue weighted by molar-refractivity contribution is 7.43. The quantitative estimate of drug-likeness (QED) is 0.420. The Labute approximate surface area is 124 Å². The first-order chi connectivity index (χ1) is 10.5. The Kier molecular flexibility index (Phi) is 4.08. The maximum atomic E-state index is 11.8. The molecule has 0 bridgehead atoms. The lowest BCUT2D eigenvalue weighted by Gasteiger charge is -2.16. The normalized spacial score (nSPS) is 26.6. The van der Waals surface area contributed by atoms with Crippen LogP contribution in [0, 0.1) is 0 Å². The van der Waals surface area contributed by atoms with Gasteiger partial charge in [0.05, 0.1) is 19.0 Å². The lowest BCUT2D eigenvalue weighted by atomic mass is 10.2. The van der Waals surface area contributed by atoms with Gasteiger partial charge in [-0.1, -0.05) is 0 Å². The van der Waals surface area contributed by atoms with Gasteiger partial charge in [0.15, 0.2) is 11.2 Å². The molecule has 4 atom stereocenters. The molecule has 1 aliphatic rings. The Morgan fingerprint density at radius 2 is 2.41 bits per heavy atom. The van der Waals surface area contributed by atoms with Crippen LogP contribution in [-0.2, 0) is 9.26 Å². The van der Waals surface area contributed by atoms with Crippen LogP contribution in [0.15, 0.2) is 11.1 Å². The molecule has 1 unspecified atom stereocenters. The molecule has 120 valence electrons. The van der Waals surface area contributed by atoms with E-state index in [1.54, 1.807) is 0 Å². The van der Waals surface area contributed by atoms with Gasteiger partial charge in [-0.3, -0.25) is 19.8 Å². The Bertz CT molecular complexity index is 732. The van der Waals surface area contributed by atoms with Crippen molar-refractivity contribution < 1.29 is 19.3 Å². The third-order valence-corrected chi connectivity index (χ3v) is 3.85. The van der Waals surface area contributed by atoms with Crippen LogP contribution in [0.1, 0.15) is 12.6 Å². The fraction of sp³-hybridized carbons (Fsp3) is 0.500. The lowest BCUT2D eigenvalue weighted by Crippen LogP contribution is -2.27. The highest BCUT2D eigenvalue weighted by Crippen LogP contribution is 2.37. The van der Waals surface area contributed by atoms with E-state index >= 15 is 0 Å². The number of rotatable bonds is 4. The van der Waals surface area contributed by atoms with Crippen molar-refractivity contribution in [3.63, 3.8) is 0 Å². The number of hydrogen-bond donors (Lipinski definition) is 5. The number of anilines is 1. The summed E-state index contributed by atoms with van der Waals surface area (Å²) in [5, 5.41) is 9.33. The Hall–Kier alpha value is -1.62. The standard InChI is InChI=1S/C10H15N6O5P/c11-10-14-8-7(9(18)15-10)13-3-16(8)6-1-4(21-22(12)19)5(2-17)20-6/h3-6,17,19H,1-2,12H2,(H3,11,14,15,18)/t4-,5+,6+,22?/m0/s1. The highest BCUT2D eigenvalue weighted by atomic mass is 31.2. The van der Waals surface area contributed by atoms with Gasteiger partial charge in [-0.2, -0.15) is 4.98 Å². The third-order valence-electron chi connectivity index (χ3n) is 3.36. The molecule has 1 saturated heterocycles. The number of H-pyrrole nitrogens is 1. The van der Waals surface area contributed by atoms with Crippen molar-refractivity contribution in [3.8, 4) is 0 Å². The van der Waals surface area contributed by atoms with Gasteiger partial charge in [-0.15, -0.1) is 0 Å². The first-order valence-electron chi connectivity index (χ1n) is 6.38. The minimum absolute atomic E-state index is 0.0374. The van der Waals surface area contributed by atoms with Gasteiger partial charge in [-0.05, 0) is 0 Å². The van der Waals surface area contributed by atoms with Crippen molar-refractivity contribution >= 4 is 25.6 Å². The van der Waals surface area contributed by atoms with Crippen LogP contribution in [0.3, 0.4) is 0 Å². The predicted molar refractivity (Wildman–Crippen MR) is 76.4 cm³/mol. The van der Waals surface area contributed by atoms with Crippen molar-refractivity contribution in [2.45, 2.75) is 24.9 Å². The molecule has 0 aliphatic carbocycles. The Balaban J connectivity index is 1.93. The van der Waals surface area contributed by atoms with E-state index in [4.69, 9.17) is 20.5 Å². The summed E-state index contributed by atoms with van der Waals surface area (Å²) in [6.07, 6.45) is -0.0918. The van der Waals surface area contributed by atoms with Crippen LogP contribution in [0.25, 0.3) is 11.2 Å². The van der Waals surface area contributed by atoms with Crippen LogP contribution in [0.4, 0.5) is 5.95 Å². The number of aliphatic hydroxyl groups excluding tert-OH is 1. The fourth-order valence-electron chi connectivity index (χ4n) is 2.44. The third kappa shape index (κ3) is 2.70. The van der Waals surface area contributed by atoms with E-state index in [2.05, 4.69) is 15.0 Å². The second-order valence-corrected chi connectivity index (χ2v) is 5.58. The number of nitrogens with two attached hydrogens (primary N) is 2. The SMILES string of the molecule is Nc1nc2c(ncn2[C@H]2C[C@H](OP(N)O)[C@@H](CO)O2)c(=O)[nH]1. The van der Waals surface area contributed by atoms with E-state index in [1.165, 1.54) is 10.9 Å². The maximum Gasteiger partial charge on any atom is 0.280 e. The van der Waals surface area contributed by atoms with E-state index in [-0.39, 0.29) is 23.7 Å². The average Bonchev–Trinajstić information content (AvgIpc) is 3.01. The van der Waals surface area contributed by atoms with E-state index in [0.717, 1.165) is 0 Å². The van der Waals surface area contributed by atoms with Gasteiger partial charge in [-0.25, -0.2) is 4.98 Å². The molecule has 3 rings (SSSR count). The van der Waals surface area contributed by atoms with Crippen LogP contribution in [-0.4, -0.2) is 48.3 Å². The second kappa shape index (κ2) is 5.88. The lowest BCUT2D eigenvalue weighted by molar-refractivity contribution is -0.0390. The van der Waals surface area contributed by atoms with Crippen LogP contribution in [0.2, 0.25) is 0 Å². The molecule has 0 spiro atoms. The van der Waals surface area contributed by atoms with Gasteiger partial charge >= 0.3 is 0 Å². The summed E-state index contributed by atoms with van der Waals surface area (Å²) in [5.41, 5.74) is 10.7. The molecule has 7 N–H and O–H groups in total. The van der Waals surface area contributed by atoms with E-state index in [9.17, 15) is 14.8 Å². The van der Waals surface area contributed by atoms with Crippen LogP contribution < -0.4 is 16.8 Å². The molecule has 0 aromatic carbocycles. The van der Waals surface area contributed by atoms with Crippen LogP contribution in [0.5, 0.6) is 0 Å². The Morgan fingerprint density at radius 3 is 3.09 bits per heavy atom. The highest BCUT2D eigenvalue weighted by Gasteiger charge is 2.38. The monoisotopic (exact) mass is 330 g/mol. The number of nitrogen functional groups attached to an aromatic ring is 1. The summed E-state index contributed by atoms with van der Waals surface area (Å²) >= 11 is 0. The molecule has 2 aromatic heterocycles. The second-order valence-electron chi connectivity index (χ2n) is 4.77. The summed E-state index contributed by atoms with van der Waals surface area (Å²) in [6, 6.07) is 0. The topological polar surface area (TPSA) is 175 Å². The summed E-state index contributed by atoms with van der Waals surface area (Å²) < 4.78 is 12.4. The van der Waals surface area contributed by atoms with Gasteiger partial charge in [0.2, 0.25) is 14.5 Å². The first kappa shape index (κ1) is 15.3. The zero-order valence-corrected chi connectivity index (χ0v) is 12.2. The smallest absolute Gasteiger partial charge is 0.280 e. The first-order valence-corrected chi connectivity index (χ1v) is 7.67. The molecule has 12 heteroatoms. The van der Waals surface area contributed by atoms with Gasteiger partial charge in [0, 0.05) is 6.42 Å². The van der Waals surface area contributed by atoms with Crippen molar-refractivity contribution in [2.24, 2.45) is 5.50 Å². The zero-order valence-electron chi connectivity index (χ0n) is 11.3. The number of aliphatic hydroxyl groups is 1. The van der Waals surface area contributed by atoms with Gasteiger partial charge in [0.25, 0.3) is 5.56 Å². The molecule has 1 aliphatic heterocycles. The summed E-state index contributed by atoms with van der Waals surface area (Å²) in [6.45, 7) is -0.298. The number of nitrogens with zero attached hydrogens (tertiary/aromatic N) is 3. The summed E-state index contributed by atoms with van der Waals surface area (Å²) in [5.74, 6) is -0.0374.